The van der Waals surface area contributed by atoms with Gasteiger partial charge in [0.15, 0.2) is 11.6 Å². The Morgan fingerprint density at radius 2 is 1.43 bits per heavy atom. The predicted molar refractivity (Wildman–Crippen MR) is 79.6 cm³/mol. The van der Waals surface area contributed by atoms with Crippen LogP contribution in [0.2, 0.25) is 0 Å². The summed E-state index contributed by atoms with van der Waals surface area (Å²) in [5.41, 5.74) is 2.23. The third kappa shape index (κ3) is 2.59. The smallest absolute Gasteiger partial charge is 0.174 e. The number of rotatable bonds is 4. The van der Waals surface area contributed by atoms with E-state index in [0.717, 1.165) is 18.4 Å². The lowest BCUT2D eigenvalue weighted by molar-refractivity contribution is 0.0829. The standard InChI is InChI=1S/C18H16O3/c19-13-10-8-12(9-11-13)4-3-7-16-17(20)14-5-1-2-6-15(14)18(16)21/h1-2,5-6,8-11,16,19H,3-4,7H2. The summed E-state index contributed by atoms with van der Waals surface area (Å²) in [4.78, 5) is 24.5. The lowest BCUT2D eigenvalue weighted by atomic mass is 9.95. The Balaban J connectivity index is 1.63. The van der Waals surface area contributed by atoms with E-state index < -0.39 is 5.92 Å². The zero-order valence-electron chi connectivity index (χ0n) is 11.6. The molecule has 0 saturated carbocycles. The fourth-order valence-corrected chi connectivity index (χ4v) is 2.84. The molecule has 1 aliphatic carbocycles. The molecule has 3 rings (SSSR count). The number of aromatic hydroxyl groups is 1. The molecule has 0 saturated heterocycles. The SMILES string of the molecule is O=C1c2ccccc2C(=O)C1CCCc1ccc(O)cc1. The lowest BCUT2D eigenvalue weighted by Crippen LogP contribution is -2.15. The van der Waals surface area contributed by atoms with Gasteiger partial charge in [-0.05, 0) is 37.0 Å². The van der Waals surface area contributed by atoms with Gasteiger partial charge in [0, 0.05) is 11.1 Å². The Bertz CT molecular complexity index is 651. The number of carbonyl (C=O) groups excluding carboxylic acids is 2. The Labute approximate surface area is 123 Å². The highest BCUT2D eigenvalue weighted by Crippen LogP contribution is 2.29. The quantitative estimate of drug-likeness (QED) is 0.873. The van der Waals surface area contributed by atoms with Gasteiger partial charge < -0.3 is 5.11 Å². The van der Waals surface area contributed by atoms with Crippen molar-refractivity contribution in [2.75, 3.05) is 0 Å². The van der Waals surface area contributed by atoms with E-state index in [2.05, 4.69) is 0 Å². The van der Waals surface area contributed by atoms with Crippen LogP contribution in [0.3, 0.4) is 0 Å². The summed E-state index contributed by atoms with van der Waals surface area (Å²) in [6.45, 7) is 0. The second kappa shape index (κ2) is 5.52. The third-order valence-electron chi connectivity index (χ3n) is 3.99. The van der Waals surface area contributed by atoms with Crippen LogP contribution in [0.15, 0.2) is 48.5 Å². The molecule has 0 atom stereocenters. The molecule has 0 aliphatic heterocycles. The van der Waals surface area contributed by atoms with Crippen LogP contribution < -0.4 is 0 Å². The van der Waals surface area contributed by atoms with Gasteiger partial charge in [0.05, 0.1) is 5.92 Å². The van der Waals surface area contributed by atoms with Crippen molar-refractivity contribution in [1.82, 2.24) is 0 Å². The summed E-state index contributed by atoms with van der Waals surface area (Å²) in [6.07, 6.45) is 2.15. The molecule has 1 aliphatic rings. The molecule has 3 nitrogen and oxygen atoms in total. The Morgan fingerprint density at radius 3 is 2.00 bits per heavy atom. The third-order valence-corrected chi connectivity index (χ3v) is 3.99. The summed E-state index contributed by atoms with van der Waals surface area (Å²) < 4.78 is 0. The molecule has 0 unspecified atom stereocenters. The maximum Gasteiger partial charge on any atom is 0.174 e. The van der Waals surface area contributed by atoms with Crippen LogP contribution in [0.1, 0.15) is 39.1 Å². The van der Waals surface area contributed by atoms with Crippen molar-refractivity contribution in [3.8, 4) is 5.75 Å². The van der Waals surface area contributed by atoms with Crippen molar-refractivity contribution < 1.29 is 14.7 Å². The summed E-state index contributed by atoms with van der Waals surface area (Å²) in [6, 6.07) is 14.1. The fraction of sp³-hybridized carbons (Fsp3) is 0.222. The van der Waals surface area contributed by atoms with Gasteiger partial charge in [0.2, 0.25) is 0 Å². The number of phenols is 1. The number of fused-ring (bicyclic) bond motifs is 1. The molecule has 0 bridgehead atoms. The van der Waals surface area contributed by atoms with Crippen molar-refractivity contribution >= 4 is 11.6 Å². The molecular formula is C18H16O3. The van der Waals surface area contributed by atoms with Gasteiger partial charge in [-0.15, -0.1) is 0 Å². The molecule has 0 heterocycles. The molecule has 2 aromatic rings. The van der Waals surface area contributed by atoms with E-state index in [1.54, 1.807) is 36.4 Å². The van der Waals surface area contributed by atoms with Crippen LogP contribution in [0.5, 0.6) is 5.75 Å². The van der Waals surface area contributed by atoms with Crippen LogP contribution >= 0.6 is 0 Å². The van der Waals surface area contributed by atoms with Gasteiger partial charge >= 0.3 is 0 Å². The average molecular weight is 280 g/mol. The highest BCUT2D eigenvalue weighted by molar-refractivity contribution is 6.26. The molecule has 3 heteroatoms. The monoisotopic (exact) mass is 280 g/mol. The normalized spacial score (nSPS) is 14.5. The van der Waals surface area contributed by atoms with Crippen molar-refractivity contribution in [2.45, 2.75) is 19.3 Å². The average Bonchev–Trinajstić information content (AvgIpc) is 2.75. The highest BCUT2D eigenvalue weighted by atomic mass is 16.3. The van der Waals surface area contributed by atoms with E-state index in [1.807, 2.05) is 12.1 Å². The largest absolute Gasteiger partial charge is 0.508 e. The Hall–Kier alpha value is -2.42. The number of aryl methyl sites for hydroxylation is 1. The number of benzene rings is 2. The zero-order chi connectivity index (χ0) is 14.8. The maximum absolute atomic E-state index is 12.2. The molecule has 0 fully saturated rings. The van der Waals surface area contributed by atoms with E-state index in [4.69, 9.17) is 0 Å². The Kier molecular flexibility index (Phi) is 3.57. The minimum absolute atomic E-state index is 0.0405. The van der Waals surface area contributed by atoms with E-state index in [0.29, 0.717) is 17.5 Å². The van der Waals surface area contributed by atoms with Gasteiger partial charge in [-0.25, -0.2) is 0 Å². The van der Waals surface area contributed by atoms with E-state index in [-0.39, 0.29) is 17.3 Å². The number of hydrogen-bond acceptors (Lipinski definition) is 3. The summed E-state index contributed by atoms with van der Waals surface area (Å²) >= 11 is 0. The Morgan fingerprint density at radius 1 is 0.857 bits per heavy atom. The van der Waals surface area contributed by atoms with Crippen molar-refractivity contribution in [3.63, 3.8) is 0 Å². The number of hydrogen-bond donors (Lipinski definition) is 1. The second-order valence-electron chi connectivity index (χ2n) is 5.39. The first-order valence-corrected chi connectivity index (χ1v) is 7.12. The van der Waals surface area contributed by atoms with Crippen LogP contribution in [0, 0.1) is 5.92 Å². The van der Waals surface area contributed by atoms with Gasteiger partial charge in [-0.1, -0.05) is 36.4 Å². The molecule has 2 aromatic carbocycles. The zero-order valence-corrected chi connectivity index (χ0v) is 11.6. The van der Waals surface area contributed by atoms with E-state index >= 15 is 0 Å². The minimum Gasteiger partial charge on any atom is -0.508 e. The van der Waals surface area contributed by atoms with Gasteiger partial charge in [-0.2, -0.15) is 0 Å². The van der Waals surface area contributed by atoms with Crippen molar-refractivity contribution in [1.29, 1.82) is 0 Å². The minimum atomic E-state index is -0.514. The molecule has 106 valence electrons. The molecule has 1 N–H and O–H groups in total. The van der Waals surface area contributed by atoms with Crippen LogP contribution in [-0.2, 0) is 6.42 Å². The topological polar surface area (TPSA) is 54.4 Å². The molecule has 21 heavy (non-hydrogen) atoms. The molecule has 0 amide bonds. The first-order valence-electron chi connectivity index (χ1n) is 7.12. The summed E-state index contributed by atoms with van der Waals surface area (Å²) in [5, 5.41) is 9.23. The number of phenolic OH excluding ortho intramolecular Hbond substituents is 1. The summed E-state index contributed by atoms with van der Waals surface area (Å²) in [7, 11) is 0. The van der Waals surface area contributed by atoms with E-state index in [1.165, 1.54) is 0 Å². The number of carbonyl (C=O) groups is 2. The molecule has 0 aromatic heterocycles. The van der Waals surface area contributed by atoms with Crippen LogP contribution in [0.4, 0.5) is 0 Å². The van der Waals surface area contributed by atoms with Crippen molar-refractivity contribution in [3.05, 3.63) is 65.2 Å². The highest BCUT2D eigenvalue weighted by Gasteiger charge is 2.37. The molecular weight excluding hydrogens is 264 g/mol. The van der Waals surface area contributed by atoms with Crippen LogP contribution in [-0.4, -0.2) is 16.7 Å². The van der Waals surface area contributed by atoms with Gasteiger partial charge in [0.25, 0.3) is 0 Å². The molecule has 0 radical (unpaired) electrons. The predicted octanol–water partition coefficient (Wildman–Crippen LogP) is 3.41. The lowest BCUT2D eigenvalue weighted by Gasteiger charge is -2.06. The second-order valence-corrected chi connectivity index (χ2v) is 5.39. The van der Waals surface area contributed by atoms with Crippen molar-refractivity contribution in [2.24, 2.45) is 5.92 Å². The molecule has 0 spiro atoms. The number of ketones is 2. The van der Waals surface area contributed by atoms with Gasteiger partial charge in [-0.3, -0.25) is 9.59 Å². The van der Waals surface area contributed by atoms with Crippen LogP contribution in [0.25, 0.3) is 0 Å². The first-order chi connectivity index (χ1) is 10.2. The number of Topliss-reactive ketones (excluding diaryl/α,β-unsaturated/α-hetero) is 2. The maximum atomic E-state index is 12.2. The first kappa shape index (κ1) is 13.6. The summed E-state index contributed by atoms with van der Waals surface area (Å²) in [5.74, 6) is -0.350. The van der Waals surface area contributed by atoms with E-state index in [9.17, 15) is 14.7 Å². The fourth-order valence-electron chi connectivity index (χ4n) is 2.84. The van der Waals surface area contributed by atoms with Gasteiger partial charge in [0.1, 0.15) is 5.75 Å².